The molecule has 1 fully saturated rings. The van der Waals surface area contributed by atoms with E-state index in [1.54, 1.807) is 6.20 Å². The fraction of sp³-hybridized carbons (Fsp3) is 0.384. The number of hydrogen-bond acceptors (Lipinski definition) is 17. The van der Waals surface area contributed by atoms with E-state index in [4.69, 9.17) is 35.4 Å². The first-order valence-corrected chi connectivity index (χ1v) is 43.2. The maximum Gasteiger partial charge on any atom is 0.130 e. The van der Waals surface area contributed by atoms with Crippen LogP contribution in [0.15, 0.2) is 194 Å². The number of unbranched alkanes of at least 4 members (excludes halogenated alkanes) is 5. The van der Waals surface area contributed by atoms with E-state index in [-0.39, 0.29) is 0 Å². The summed E-state index contributed by atoms with van der Waals surface area (Å²) in [5.41, 5.74) is 15.1. The van der Waals surface area contributed by atoms with Crippen LogP contribution in [0.3, 0.4) is 0 Å². The van der Waals surface area contributed by atoms with Gasteiger partial charge in [0.2, 0.25) is 0 Å². The van der Waals surface area contributed by atoms with Gasteiger partial charge in [-0.15, -0.1) is 6.42 Å². The third-order valence-corrected chi connectivity index (χ3v) is 21.3. The lowest BCUT2D eigenvalue weighted by Crippen LogP contribution is -2.19. The Morgan fingerprint density at radius 3 is 1.13 bits per heavy atom. The molecule has 0 spiro atoms. The number of nitriles is 1. The minimum Gasteiger partial charge on any atom is -0.490 e. The summed E-state index contributed by atoms with van der Waals surface area (Å²) in [6.45, 7) is 22.3. The molecular formula is C99H123N17O5. The molecule has 22 heteroatoms. The minimum atomic E-state index is 0.403. The van der Waals surface area contributed by atoms with Gasteiger partial charge in [0.15, 0.2) is 0 Å². The first-order valence-electron chi connectivity index (χ1n) is 43.2. The highest BCUT2D eigenvalue weighted by Crippen LogP contribution is 2.32. The first kappa shape index (κ1) is 89.9. The zero-order valence-electron chi connectivity index (χ0n) is 72.6. The Kier molecular flexibility index (Phi) is 35.5. The third-order valence-electron chi connectivity index (χ3n) is 21.3. The summed E-state index contributed by atoms with van der Waals surface area (Å²) in [6.07, 6.45) is 24.7. The molecule has 0 aliphatic heterocycles. The van der Waals surface area contributed by atoms with Gasteiger partial charge in [0.05, 0.1) is 79.5 Å². The lowest BCUT2D eigenvalue weighted by atomic mass is 10.1. The van der Waals surface area contributed by atoms with E-state index in [1.807, 2.05) is 158 Å². The van der Waals surface area contributed by atoms with Crippen LogP contribution in [0.1, 0.15) is 181 Å². The number of H-pyrrole nitrogens is 5. The van der Waals surface area contributed by atoms with Gasteiger partial charge in [0.25, 0.3) is 0 Å². The topological polar surface area (TPSA) is 242 Å². The van der Waals surface area contributed by atoms with Crippen LogP contribution in [-0.2, 0) is 52.5 Å². The molecule has 14 aromatic rings. The average Bonchev–Trinajstić information content (AvgIpc) is 1.70. The molecular weight excluding hydrogens is 1510 g/mol. The largest absolute Gasteiger partial charge is 0.490 e. The molecule has 1 aliphatic rings. The quantitative estimate of drug-likeness (QED) is 0.0226. The summed E-state index contributed by atoms with van der Waals surface area (Å²) in [5.74, 6) is 7.81. The third kappa shape index (κ3) is 28.1. The number of nitrogens with zero attached hydrogens (tertiary/aromatic N) is 12. The van der Waals surface area contributed by atoms with Gasteiger partial charge in [-0.2, -0.15) is 30.8 Å². The normalized spacial score (nSPS) is 12.0. The van der Waals surface area contributed by atoms with E-state index >= 15 is 0 Å². The monoisotopic (exact) mass is 1630 g/mol. The zero-order chi connectivity index (χ0) is 84.9. The number of aromatic amines is 5. The number of terminal acetylenes is 1. The molecule has 22 nitrogen and oxygen atoms in total. The van der Waals surface area contributed by atoms with Crippen molar-refractivity contribution in [3.05, 3.63) is 251 Å². The fourth-order valence-corrected chi connectivity index (χ4v) is 14.3. The van der Waals surface area contributed by atoms with Gasteiger partial charge in [-0.1, -0.05) is 121 Å². The molecule has 0 unspecified atom stereocenters. The van der Waals surface area contributed by atoms with Crippen molar-refractivity contribution in [2.24, 2.45) is 0 Å². The Labute approximate surface area is 714 Å². The van der Waals surface area contributed by atoms with Crippen LogP contribution in [-0.4, -0.2) is 155 Å². The van der Waals surface area contributed by atoms with Gasteiger partial charge in [-0.25, -0.2) is 0 Å². The van der Waals surface area contributed by atoms with Crippen LogP contribution < -0.4 is 23.7 Å². The van der Waals surface area contributed by atoms with Gasteiger partial charge in [0, 0.05) is 71.4 Å². The summed E-state index contributed by atoms with van der Waals surface area (Å²) >= 11 is 0. The molecule has 0 radical (unpaired) electrons. The van der Waals surface area contributed by atoms with Gasteiger partial charge in [0.1, 0.15) is 54.3 Å². The van der Waals surface area contributed by atoms with Crippen LogP contribution in [0.5, 0.6) is 34.5 Å². The second-order valence-electron chi connectivity index (χ2n) is 31.6. The summed E-state index contributed by atoms with van der Waals surface area (Å²) in [7, 11) is 10.7. The number of nitrogens with one attached hydrogen (secondary N) is 5. The number of pyridine rings is 1. The molecule has 0 amide bonds. The van der Waals surface area contributed by atoms with Gasteiger partial charge in [-0.3, -0.25) is 30.5 Å². The van der Waals surface area contributed by atoms with E-state index in [1.165, 1.54) is 101 Å². The van der Waals surface area contributed by atoms with Gasteiger partial charge >= 0.3 is 0 Å². The van der Waals surface area contributed by atoms with Crippen molar-refractivity contribution in [1.82, 2.24) is 80.5 Å². The van der Waals surface area contributed by atoms with Crippen molar-refractivity contribution < 1.29 is 23.7 Å². The van der Waals surface area contributed by atoms with Crippen molar-refractivity contribution >= 4 is 54.5 Å². The number of fused-ring (bicyclic) bond motifs is 5. The molecule has 15 rings (SSSR count). The second-order valence-corrected chi connectivity index (χ2v) is 31.6. The van der Waals surface area contributed by atoms with E-state index in [0.717, 1.165) is 194 Å². The molecule has 0 bridgehead atoms. The van der Waals surface area contributed by atoms with Gasteiger partial charge < -0.3 is 48.2 Å². The maximum atomic E-state index is 8.86. The predicted octanol–water partition coefficient (Wildman–Crippen LogP) is 21.1. The number of para-hydroxylation sites is 1. The van der Waals surface area contributed by atoms with Crippen LogP contribution in [0.2, 0.25) is 0 Å². The minimum absolute atomic E-state index is 0.403. The van der Waals surface area contributed by atoms with E-state index in [9.17, 15) is 0 Å². The van der Waals surface area contributed by atoms with Gasteiger partial charge in [-0.05, 0) is 276 Å². The highest BCUT2D eigenvalue weighted by atomic mass is 16.5. The number of aromatic nitrogens is 11. The number of hydrogen-bond donors (Lipinski definition) is 5. The van der Waals surface area contributed by atoms with E-state index in [0.29, 0.717) is 31.5 Å². The standard InChI is InChI=1S/C22H25N3O.C21H24N4O.C19H24N4O.C19H23N3O.C18H27N3O/c1-4-6-12-25(3)15-22-20-14-19(10-11-21(20)23-24-22)26-16-18-9-7-8-17(5-2)13-18;1-3-4-11-25(2)14-21-19-12-18(9-10-20(19)23-24-21)26-15-17-7-5-16(13-22)6-8-17;1-3-4-11-23(2)13-19-17-12-16(8-9-18(17)21-22-19)24-14-15-7-5-6-10-20-15;1-3-4-12-22(2)14-19-17-13-16(10-11-18(17)20-21-19)23-15-8-6-5-7-9-15;1-3-4-11-21(2)13-18-16-12-15(9-10-17(16)19-20-18)22-14-7-5-6-8-14/h2,7-11,13-14H,4,6,12,15-16H2,1,3H3,(H,23,24);5-10,12H,3-4,11,14-15H2,1-2H3,(H,23,24);5-10,12H,3-4,11,13-14H2,1-2H3,(H,21,22);5-11,13H,3-4,12,14H2,1-2H3,(H,20,21);9-10,12,14H,3-8,11,13H2,1-2H3,(H,19,20). The lowest BCUT2D eigenvalue weighted by molar-refractivity contribution is 0.210. The molecule has 0 saturated heterocycles. The van der Waals surface area contributed by atoms with Crippen molar-refractivity contribution in [1.29, 1.82) is 5.26 Å². The Morgan fingerprint density at radius 2 is 0.744 bits per heavy atom. The highest BCUT2D eigenvalue weighted by Gasteiger charge is 2.20. The zero-order valence-corrected chi connectivity index (χ0v) is 72.6. The molecule has 6 aromatic heterocycles. The molecule has 8 aromatic carbocycles. The van der Waals surface area contributed by atoms with Crippen LogP contribution in [0, 0.1) is 23.7 Å². The van der Waals surface area contributed by atoms with E-state index in [2.05, 4.69) is 193 Å². The summed E-state index contributed by atoms with van der Waals surface area (Å²) in [4.78, 5) is 15.9. The fourth-order valence-electron chi connectivity index (χ4n) is 14.3. The van der Waals surface area contributed by atoms with Crippen molar-refractivity contribution in [2.45, 2.75) is 183 Å². The Morgan fingerprint density at radius 1 is 0.372 bits per heavy atom. The molecule has 1 aliphatic carbocycles. The Balaban J connectivity index is 0.000000148. The molecule has 5 N–H and O–H groups in total. The Hall–Kier alpha value is -11.9. The number of benzene rings is 8. The van der Waals surface area contributed by atoms with Crippen molar-refractivity contribution in [3.8, 4) is 52.9 Å². The van der Waals surface area contributed by atoms with E-state index < -0.39 is 0 Å². The second kappa shape index (κ2) is 47.8. The first-order chi connectivity index (χ1) is 59.2. The highest BCUT2D eigenvalue weighted by molar-refractivity contribution is 5.86. The summed E-state index contributed by atoms with van der Waals surface area (Å²) < 4.78 is 29.8. The smallest absolute Gasteiger partial charge is 0.130 e. The summed E-state index contributed by atoms with van der Waals surface area (Å²) in [5, 5.41) is 52.4. The lowest BCUT2D eigenvalue weighted by Gasteiger charge is -2.15. The van der Waals surface area contributed by atoms with Crippen LogP contribution in [0.25, 0.3) is 54.5 Å². The van der Waals surface area contributed by atoms with Crippen molar-refractivity contribution in [3.63, 3.8) is 0 Å². The predicted molar refractivity (Wildman–Crippen MR) is 489 cm³/mol. The SMILES string of the molecule is C#Cc1cccc(COc2ccc3n[nH]c(CN(C)CCCC)c3c2)c1.CCCCN(C)Cc1[nH]nc2ccc(OC3CCCC3)cc12.CCCCN(C)Cc1[nH]nc2ccc(OCc3ccc(C#N)cc3)cc12.CCCCN(C)Cc1[nH]nc2ccc(OCc3ccccn3)cc12.CCCCN(C)Cc1[nH]nc2ccc(Oc3ccccc3)cc12. The van der Waals surface area contributed by atoms with Crippen molar-refractivity contribution in [2.75, 3.05) is 68.0 Å². The molecule has 634 valence electrons. The van der Waals surface area contributed by atoms with Crippen LogP contribution in [0.4, 0.5) is 0 Å². The molecule has 0 atom stereocenters. The Bertz CT molecular complexity index is 5480. The van der Waals surface area contributed by atoms with Crippen LogP contribution >= 0.6 is 0 Å². The molecule has 6 heterocycles. The summed E-state index contributed by atoms with van der Waals surface area (Å²) in [6, 6.07) is 63.4. The number of rotatable bonds is 38. The maximum absolute atomic E-state index is 8.86. The molecule has 1 saturated carbocycles. The average molecular weight is 1630 g/mol. The molecule has 121 heavy (non-hydrogen) atoms. The number of ether oxygens (including phenoxy) is 5.